The van der Waals surface area contributed by atoms with Crippen molar-refractivity contribution in [3.05, 3.63) is 59.7 Å². The highest BCUT2D eigenvalue weighted by atomic mass is 15.3. The molecule has 0 N–H and O–H groups in total. The van der Waals surface area contributed by atoms with Crippen LogP contribution in [0.15, 0.2) is 48.5 Å². The summed E-state index contributed by atoms with van der Waals surface area (Å²) in [6, 6.07) is 17.7. The van der Waals surface area contributed by atoms with Gasteiger partial charge in [0, 0.05) is 37.6 Å². The summed E-state index contributed by atoms with van der Waals surface area (Å²) >= 11 is 0. The van der Waals surface area contributed by atoms with E-state index in [1.165, 1.54) is 22.5 Å². The Balaban J connectivity index is 1.64. The van der Waals surface area contributed by atoms with E-state index in [9.17, 15) is 0 Å². The van der Waals surface area contributed by atoms with Crippen molar-refractivity contribution in [2.45, 2.75) is 13.8 Å². The van der Waals surface area contributed by atoms with Gasteiger partial charge in [0.05, 0.1) is 0 Å². The molecule has 20 heavy (non-hydrogen) atoms. The summed E-state index contributed by atoms with van der Waals surface area (Å²) in [5, 5.41) is 0. The van der Waals surface area contributed by atoms with Crippen LogP contribution in [-0.2, 0) is 0 Å². The number of piperazine rings is 1. The lowest BCUT2D eigenvalue weighted by Crippen LogP contribution is -2.46. The fourth-order valence-corrected chi connectivity index (χ4v) is 2.73. The van der Waals surface area contributed by atoms with Crippen LogP contribution in [0.2, 0.25) is 0 Å². The minimum atomic E-state index is 1.09. The van der Waals surface area contributed by atoms with Crippen molar-refractivity contribution in [2.24, 2.45) is 0 Å². The lowest BCUT2D eigenvalue weighted by molar-refractivity contribution is 0.653. The van der Waals surface area contributed by atoms with Gasteiger partial charge in [-0.05, 0) is 38.1 Å². The van der Waals surface area contributed by atoms with Crippen molar-refractivity contribution >= 4 is 11.4 Å². The Labute approximate surface area is 121 Å². The van der Waals surface area contributed by atoms with Crippen molar-refractivity contribution in [1.29, 1.82) is 0 Å². The maximum atomic E-state index is 2.48. The minimum absolute atomic E-state index is 1.09. The molecule has 0 bridgehead atoms. The van der Waals surface area contributed by atoms with E-state index in [2.05, 4.69) is 72.2 Å². The summed E-state index contributed by atoms with van der Waals surface area (Å²) < 4.78 is 0. The first-order valence-electron chi connectivity index (χ1n) is 7.35. The number of hydrogen-bond donors (Lipinski definition) is 0. The summed E-state index contributed by atoms with van der Waals surface area (Å²) in [4.78, 5) is 4.95. The summed E-state index contributed by atoms with van der Waals surface area (Å²) in [5.74, 6) is 0. The van der Waals surface area contributed by atoms with Crippen molar-refractivity contribution in [1.82, 2.24) is 0 Å². The molecule has 1 aliphatic rings. The number of rotatable bonds is 2. The first-order chi connectivity index (χ1) is 9.72. The zero-order chi connectivity index (χ0) is 13.9. The van der Waals surface area contributed by atoms with Gasteiger partial charge in [-0.15, -0.1) is 0 Å². The fourth-order valence-electron chi connectivity index (χ4n) is 2.73. The van der Waals surface area contributed by atoms with E-state index < -0.39 is 0 Å². The molecular formula is C18H22N2. The Morgan fingerprint density at radius 2 is 0.850 bits per heavy atom. The van der Waals surface area contributed by atoms with Crippen LogP contribution in [0.5, 0.6) is 0 Å². The van der Waals surface area contributed by atoms with Crippen LogP contribution in [0.4, 0.5) is 11.4 Å². The lowest BCUT2D eigenvalue weighted by Gasteiger charge is -2.37. The highest BCUT2D eigenvalue weighted by Crippen LogP contribution is 2.21. The molecule has 0 atom stereocenters. The molecule has 2 heteroatoms. The van der Waals surface area contributed by atoms with Crippen molar-refractivity contribution in [3.63, 3.8) is 0 Å². The van der Waals surface area contributed by atoms with Crippen molar-refractivity contribution < 1.29 is 0 Å². The second-order valence-electron chi connectivity index (χ2n) is 5.65. The predicted octanol–water partition coefficient (Wildman–Crippen LogP) is 3.63. The van der Waals surface area contributed by atoms with Gasteiger partial charge in [0.15, 0.2) is 0 Å². The Morgan fingerprint density at radius 3 is 1.15 bits per heavy atom. The molecule has 1 aliphatic heterocycles. The standard InChI is InChI=1S/C18H22N2/c1-15-3-7-17(8-4-15)19-11-13-20(14-12-19)18-9-5-16(2)6-10-18/h3-10H,11-14H2,1-2H3. The lowest BCUT2D eigenvalue weighted by atomic mass is 10.1. The molecule has 0 aliphatic carbocycles. The molecule has 0 unspecified atom stereocenters. The maximum absolute atomic E-state index is 2.48. The first-order valence-corrected chi connectivity index (χ1v) is 7.35. The van der Waals surface area contributed by atoms with Gasteiger partial charge in [-0.25, -0.2) is 0 Å². The second-order valence-corrected chi connectivity index (χ2v) is 5.65. The van der Waals surface area contributed by atoms with E-state index in [-0.39, 0.29) is 0 Å². The van der Waals surface area contributed by atoms with Gasteiger partial charge in [0.1, 0.15) is 0 Å². The smallest absolute Gasteiger partial charge is 0.0367 e. The van der Waals surface area contributed by atoms with Gasteiger partial charge in [-0.2, -0.15) is 0 Å². The number of benzene rings is 2. The summed E-state index contributed by atoms with van der Waals surface area (Å²) in [7, 11) is 0. The van der Waals surface area contributed by atoms with Crippen LogP contribution in [0.25, 0.3) is 0 Å². The second kappa shape index (κ2) is 5.58. The Hall–Kier alpha value is -1.96. The normalized spacial score (nSPS) is 15.5. The van der Waals surface area contributed by atoms with Gasteiger partial charge in [-0.3, -0.25) is 0 Å². The first kappa shape index (κ1) is 13.0. The fraction of sp³-hybridized carbons (Fsp3) is 0.333. The molecule has 1 heterocycles. The molecule has 1 fully saturated rings. The molecule has 0 saturated carbocycles. The Kier molecular flexibility index (Phi) is 3.64. The molecule has 0 radical (unpaired) electrons. The van der Waals surface area contributed by atoms with E-state index in [1.807, 2.05) is 0 Å². The minimum Gasteiger partial charge on any atom is -0.368 e. The molecule has 3 rings (SSSR count). The largest absolute Gasteiger partial charge is 0.368 e. The highest BCUT2D eigenvalue weighted by molar-refractivity contribution is 5.52. The van der Waals surface area contributed by atoms with Crippen molar-refractivity contribution in [2.75, 3.05) is 36.0 Å². The van der Waals surface area contributed by atoms with Gasteiger partial charge in [-0.1, -0.05) is 35.4 Å². The topological polar surface area (TPSA) is 6.48 Å². The Bertz CT molecular complexity index is 495. The molecular weight excluding hydrogens is 244 g/mol. The summed E-state index contributed by atoms with van der Waals surface area (Å²) in [6.07, 6.45) is 0. The molecule has 0 spiro atoms. The summed E-state index contributed by atoms with van der Waals surface area (Å²) in [6.45, 7) is 8.65. The molecule has 104 valence electrons. The third-order valence-corrected chi connectivity index (χ3v) is 4.08. The molecule has 1 saturated heterocycles. The molecule has 2 aromatic rings. The zero-order valence-electron chi connectivity index (χ0n) is 12.3. The van der Waals surface area contributed by atoms with Gasteiger partial charge < -0.3 is 9.80 Å². The number of nitrogens with zero attached hydrogens (tertiary/aromatic N) is 2. The number of aryl methyl sites for hydroxylation is 2. The molecule has 2 nitrogen and oxygen atoms in total. The average molecular weight is 266 g/mol. The van der Waals surface area contributed by atoms with Crippen LogP contribution in [0.1, 0.15) is 11.1 Å². The molecule has 0 aromatic heterocycles. The maximum Gasteiger partial charge on any atom is 0.0367 e. The van der Waals surface area contributed by atoms with Gasteiger partial charge in [0.25, 0.3) is 0 Å². The zero-order valence-corrected chi connectivity index (χ0v) is 12.3. The average Bonchev–Trinajstić information content (AvgIpc) is 2.49. The van der Waals surface area contributed by atoms with Crippen LogP contribution >= 0.6 is 0 Å². The molecule has 2 aromatic carbocycles. The van der Waals surface area contributed by atoms with Crippen molar-refractivity contribution in [3.8, 4) is 0 Å². The Morgan fingerprint density at radius 1 is 0.550 bits per heavy atom. The number of anilines is 2. The third kappa shape index (κ3) is 2.79. The quantitative estimate of drug-likeness (QED) is 0.819. The van der Waals surface area contributed by atoms with Crippen LogP contribution < -0.4 is 9.80 Å². The van der Waals surface area contributed by atoms with Crippen LogP contribution in [0, 0.1) is 13.8 Å². The third-order valence-electron chi connectivity index (χ3n) is 4.08. The van der Waals surface area contributed by atoms with Crippen LogP contribution in [0.3, 0.4) is 0 Å². The monoisotopic (exact) mass is 266 g/mol. The SMILES string of the molecule is Cc1ccc(N2CCN(c3ccc(C)cc3)CC2)cc1. The van der Waals surface area contributed by atoms with E-state index >= 15 is 0 Å². The van der Waals surface area contributed by atoms with Gasteiger partial charge >= 0.3 is 0 Å². The molecule has 0 amide bonds. The van der Waals surface area contributed by atoms with Crippen LogP contribution in [-0.4, -0.2) is 26.2 Å². The van der Waals surface area contributed by atoms with E-state index in [0.717, 1.165) is 26.2 Å². The van der Waals surface area contributed by atoms with E-state index in [4.69, 9.17) is 0 Å². The van der Waals surface area contributed by atoms with E-state index in [0.29, 0.717) is 0 Å². The summed E-state index contributed by atoms with van der Waals surface area (Å²) in [5.41, 5.74) is 5.34. The number of hydrogen-bond acceptors (Lipinski definition) is 2. The highest BCUT2D eigenvalue weighted by Gasteiger charge is 2.17. The van der Waals surface area contributed by atoms with Gasteiger partial charge in [0.2, 0.25) is 0 Å². The predicted molar refractivity (Wildman–Crippen MR) is 86.8 cm³/mol. The van der Waals surface area contributed by atoms with E-state index in [1.54, 1.807) is 0 Å².